The Labute approximate surface area is 128 Å². The molecule has 6 nitrogen and oxygen atoms in total. The highest BCUT2D eigenvalue weighted by Gasteiger charge is 2.07. The van der Waals surface area contributed by atoms with Crippen molar-refractivity contribution in [1.29, 1.82) is 0 Å². The summed E-state index contributed by atoms with van der Waals surface area (Å²) in [5, 5.41) is 5.40. The summed E-state index contributed by atoms with van der Waals surface area (Å²) in [7, 11) is 1.32. The number of amides is 2. The molecule has 0 atom stereocenters. The summed E-state index contributed by atoms with van der Waals surface area (Å²) in [6.45, 7) is 2.19. The molecular formula is C16H17N3O3. The molecule has 0 bridgehead atoms. The minimum atomic E-state index is -0.437. The van der Waals surface area contributed by atoms with Gasteiger partial charge < -0.3 is 15.4 Å². The smallest absolute Gasteiger partial charge is 0.337 e. The van der Waals surface area contributed by atoms with E-state index in [-0.39, 0.29) is 12.6 Å². The van der Waals surface area contributed by atoms with Crippen molar-refractivity contribution in [2.24, 2.45) is 0 Å². The van der Waals surface area contributed by atoms with E-state index in [0.717, 1.165) is 5.56 Å². The SMILES string of the molecule is COC(=O)c1ccnc(CNC(=O)Nc2ccc(C)cc2)c1. The number of aryl methyl sites for hydroxylation is 1. The summed E-state index contributed by atoms with van der Waals surface area (Å²) in [5.41, 5.74) is 2.80. The number of ether oxygens (including phenoxy) is 1. The average molecular weight is 299 g/mol. The highest BCUT2D eigenvalue weighted by atomic mass is 16.5. The molecule has 0 radical (unpaired) electrons. The number of pyridine rings is 1. The Balaban J connectivity index is 1.91. The molecule has 0 spiro atoms. The number of urea groups is 1. The Morgan fingerprint density at radius 1 is 1.18 bits per heavy atom. The lowest BCUT2D eigenvalue weighted by Gasteiger charge is -2.08. The zero-order valence-electron chi connectivity index (χ0n) is 12.4. The maximum absolute atomic E-state index is 11.8. The van der Waals surface area contributed by atoms with Gasteiger partial charge in [-0.1, -0.05) is 17.7 Å². The van der Waals surface area contributed by atoms with Crippen LogP contribution >= 0.6 is 0 Å². The van der Waals surface area contributed by atoms with Gasteiger partial charge in [-0.25, -0.2) is 9.59 Å². The third-order valence-electron chi connectivity index (χ3n) is 2.98. The van der Waals surface area contributed by atoms with Crippen molar-refractivity contribution in [3.05, 3.63) is 59.4 Å². The molecular weight excluding hydrogens is 282 g/mol. The van der Waals surface area contributed by atoms with E-state index >= 15 is 0 Å². The molecule has 1 aromatic carbocycles. The zero-order chi connectivity index (χ0) is 15.9. The molecule has 2 N–H and O–H groups in total. The number of aromatic nitrogens is 1. The number of carbonyl (C=O) groups is 2. The van der Waals surface area contributed by atoms with Gasteiger partial charge in [0.1, 0.15) is 0 Å². The average Bonchev–Trinajstić information content (AvgIpc) is 2.54. The van der Waals surface area contributed by atoms with Crippen molar-refractivity contribution in [3.8, 4) is 0 Å². The maximum Gasteiger partial charge on any atom is 0.337 e. The summed E-state index contributed by atoms with van der Waals surface area (Å²) in [6, 6.07) is 10.3. The Morgan fingerprint density at radius 2 is 1.91 bits per heavy atom. The summed E-state index contributed by atoms with van der Waals surface area (Å²) >= 11 is 0. The first-order valence-electron chi connectivity index (χ1n) is 6.73. The second kappa shape index (κ2) is 7.21. The Bertz CT molecular complexity index is 669. The van der Waals surface area contributed by atoms with Crippen LogP contribution in [0.4, 0.5) is 10.5 Å². The van der Waals surface area contributed by atoms with Gasteiger partial charge in [0.2, 0.25) is 0 Å². The third-order valence-corrected chi connectivity index (χ3v) is 2.98. The molecule has 6 heteroatoms. The summed E-state index contributed by atoms with van der Waals surface area (Å²) < 4.78 is 4.64. The molecule has 0 saturated carbocycles. The molecule has 2 amide bonds. The molecule has 0 saturated heterocycles. The monoisotopic (exact) mass is 299 g/mol. The van der Waals surface area contributed by atoms with Crippen molar-refractivity contribution < 1.29 is 14.3 Å². The minimum absolute atomic E-state index is 0.211. The number of carbonyl (C=O) groups excluding carboxylic acids is 2. The van der Waals surface area contributed by atoms with E-state index in [2.05, 4.69) is 20.4 Å². The van der Waals surface area contributed by atoms with Crippen LogP contribution < -0.4 is 10.6 Å². The molecule has 0 aliphatic rings. The normalized spacial score (nSPS) is 9.91. The van der Waals surface area contributed by atoms with Gasteiger partial charge in [0.15, 0.2) is 0 Å². The van der Waals surface area contributed by atoms with Crippen molar-refractivity contribution in [2.75, 3.05) is 12.4 Å². The highest BCUT2D eigenvalue weighted by Crippen LogP contribution is 2.08. The van der Waals surface area contributed by atoms with Crippen molar-refractivity contribution in [2.45, 2.75) is 13.5 Å². The van der Waals surface area contributed by atoms with E-state index in [1.54, 1.807) is 12.1 Å². The van der Waals surface area contributed by atoms with Gasteiger partial charge in [-0.15, -0.1) is 0 Å². The standard InChI is InChI=1S/C16H17N3O3/c1-11-3-5-13(6-4-11)19-16(21)18-10-14-9-12(7-8-17-14)15(20)22-2/h3-9H,10H2,1-2H3,(H2,18,19,21). The molecule has 2 aromatic rings. The Morgan fingerprint density at radius 3 is 2.59 bits per heavy atom. The molecule has 0 fully saturated rings. The Hall–Kier alpha value is -2.89. The van der Waals surface area contributed by atoms with Crippen LogP contribution in [-0.4, -0.2) is 24.1 Å². The zero-order valence-corrected chi connectivity index (χ0v) is 12.4. The van der Waals surface area contributed by atoms with Crippen LogP contribution in [0.1, 0.15) is 21.6 Å². The fraction of sp³-hybridized carbons (Fsp3) is 0.188. The van der Waals surface area contributed by atoms with E-state index in [1.165, 1.54) is 13.3 Å². The molecule has 2 rings (SSSR count). The quantitative estimate of drug-likeness (QED) is 0.850. The van der Waals surface area contributed by atoms with Gasteiger partial charge in [0, 0.05) is 11.9 Å². The number of nitrogens with zero attached hydrogens (tertiary/aromatic N) is 1. The van der Waals surface area contributed by atoms with Crippen LogP contribution in [0.25, 0.3) is 0 Å². The molecule has 22 heavy (non-hydrogen) atoms. The number of nitrogens with one attached hydrogen (secondary N) is 2. The third kappa shape index (κ3) is 4.31. The van der Waals surface area contributed by atoms with Crippen LogP contribution in [-0.2, 0) is 11.3 Å². The molecule has 0 unspecified atom stereocenters. The van der Waals surface area contributed by atoms with Gasteiger partial charge in [0.25, 0.3) is 0 Å². The van der Waals surface area contributed by atoms with Gasteiger partial charge in [-0.3, -0.25) is 4.98 Å². The van der Waals surface area contributed by atoms with Crippen LogP contribution in [0.5, 0.6) is 0 Å². The van der Waals surface area contributed by atoms with Crippen LogP contribution in [0.2, 0.25) is 0 Å². The number of esters is 1. The number of hydrogen-bond acceptors (Lipinski definition) is 4. The van der Waals surface area contributed by atoms with Crippen molar-refractivity contribution in [1.82, 2.24) is 10.3 Å². The number of hydrogen-bond donors (Lipinski definition) is 2. The number of rotatable bonds is 4. The highest BCUT2D eigenvalue weighted by molar-refractivity contribution is 5.90. The van der Waals surface area contributed by atoms with Crippen LogP contribution in [0, 0.1) is 6.92 Å². The van der Waals surface area contributed by atoms with Gasteiger partial charge in [-0.2, -0.15) is 0 Å². The molecule has 0 aliphatic heterocycles. The first-order chi connectivity index (χ1) is 10.6. The maximum atomic E-state index is 11.8. The molecule has 1 heterocycles. The second-order valence-corrected chi connectivity index (χ2v) is 4.70. The number of methoxy groups -OCH3 is 1. The van der Waals surface area contributed by atoms with Crippen molar-refractivity contribution in [3.63, 3.8) is 0 Å². The fourth-order valence-electron chi connectivity index (χ4n) is 1.80. The number of benzene rings is 1. The summed E-state index contributed by atoms with van der Waals surface area (Å²) in [4.78, 5) is 27.3. The second-order valence-electron chi connectivity index (χ2n) is 4.70. The van der Waals surface area contributed by atoms with Gasteiger partial charge in [0.05, 0.1) is 24.9 Å². The first kappa shape index (κ1) is 15.5. The van der Waals surface area contributed by atoms with E-state index < -0.39 is 5.97 Å². The first-order valence-corrected chi connectivity index (χ1v) is 6.73. The van der Waals surface area contributed by atoms with E-state index in [4.69, 9.17) is 0 Å². The molecule has 1 aromatic heterocycles. The predicted octanol–water partition coefficient (Wildman–Crippen LogP) is 2.50. The van der Waals surface area contributed by atoms with Crippen molar-refractivity contribution >= 4 is 17.7 Å². The van der Waals surface area contributed by atoms with E-state index in [0.29, 0.717) is 16.9 Å². The lowest BCUT2D eigenvalue weighted by atomic mass is 10.2. The van der Waals surface area contributed by atoms with Crippen LogP contribution in [0.15, 0.2) is 42.6 Å². The van der Waals surface area contributed by atoms with E-state index in [9.17, 15) is 9.59 Å². The topological polar surface area (TPSA) is 80.3 Å². The lowest BCUT2D eigenvalue weighted by molar-refractivity contribution is 0.0600. The molecule has 0 aliphatic carbocycles. The lowest BCUT2D eigenvalue weighted by Crippen LogP contribution is -2.28. The largest absolute Gasteiger partial charge is 0.465 e. The summed E-state index contributed by atoms with van der Waals surface area (Å²) in [6.07, 6.45) is 1.50. The fourth-order valence-corrected chi connectivity index (χ4v) is 1.80. The van der Waals surface area contributed by atoms with E-state index in [1.807, 2.05) is 31.2 Å². The minimum Gasteiger partial charge on any atom is -0.465 e. The number of anilines is 1. The summed E-state index contributed by atoms with van der Waals surface area (Å²) in [5.74, 6) is -0.437. The van der Waals surface area contributed by atoms with Gasteiger partial charge in [-0.05, 0) is 31.2 Å². The predicted molar refractivity (Wildman–Crippen MR) is 82.6 cm³/mol. The Kier molecular flexibility index (Phi) is 5.08. The molecule has 114 valence electrons. The van der Waals surface area contributed by atoms with Crippen LogP contribution in [0.3, 0.4) is 0 Å². The van der Waals surface area contributed by atoms with Gasteiger partial charge >= 0.3 is 12.0 Å².